The van der Waals surface area contributed by atoms with E-state index in [2.05, 4.69) is 20.4 Å². The topological polar surface area (TPSA) is 92.7 Å². The normalized spacial score (nSPS) is 10.5. The Hall–Kier alpha value is -2.09. The monoisotopic (exact) mass is 293 g/mol. The Bertz CT molecular complexity index is 709. The van der Waals surface area contributed by atoms with E-state index in [1.807, 2.05) is 25.1 Å². The molecule has 0 aliphatic carbocycles. The lowest BCUT2D eigenvalue weighted by molar-refractivity contribution is 0.596. The second-order valence-electron chi connectivity index (χ2n) is 4.03. The van der Waals surface area contributed by atoms with Crippen molar-refractivity contribution in [3.8, 4) is 0 Å². The average molecular weight is 293 g/mol. The molecule has 2 aromatic rings. The van der Waals surface area contributed by atoms with Gasteiger partial charge in [-0.25, -0.2) is 4.98 Å². The summed E-state index contributed by atoms with van der Waals surface area (Å²) in [6.45, 7) is 2.81. The molecule has 0 unspecified atom stereocenters. The van der Waals surface area contributed by atoms with Gasteiger partial charge in [-0.2, -0.15) is 4.98 Å². The van der Waals surface area contributed by atoms with Crippen LogP contribution in [-0.2, 0) is 12.8 Å². The molecule has 0 aliphatic rings. The zero-order chi connectivity index (χ0) is 14.5. The van der Waals surface area contributed by atoms with Crippen LogP contribution in [-0.4, -0.2) is 26.3 Å². The van der Waals surface area contributed by atoms with Crippen molar-refractivity contribution in [2.45, 2.75) is 17.8 Å². The van der Waals surface area contributed by atoms with Crippen molar-refractivity contribution in [3.05, 3.63) is 44.6 Å². The molecule has 2 N–H and O–H groups in total. The highest BCUT2D eigenvalue weighted by atomic mass is 32.2. The lowest BCUT2D eigenvalue weighted by Gasteiger charge is -2.07. The molecular formula is C12H15N5O2S. The van der Waals surface area contributed by atoms with Crippen LogP contribution in [0.4, 0.5) is 5.82 Å². The molecule has 0 spiro atoms. The van der Waals surface area contributed by atoms with Crippen LogP contribution in [0.15, 0.2) is 32.9 Å². The second kappa shape index (κ2) is 6.38. The van der Waals surface area contributed by atoms with Gasteiger partial charge in [-0.3, -0.25) is 19.4 Å². The van der Waals surface area contributed by atoms with Crippen LogP contribution in [0.2, 0.25) is 0 Å². The van der Waals surface area contributed by atoms with E-state index in [4.69, 9.17) is 0 Å². The van der Waals surface area contributed by atoms with Crippen molar-refractivity contribution < 1.29 is 0 Å². The van der Waals surface area contributed by atoms with Crippen LogP contribution in [0.1, 0.15) is 12.6 Å². The molecule has 0 radical (unpaired) electrons. The molecule has 2 rings (SSSR count). The number of thioether (sulfide) groups is 1. The molecular weight excluding hydrogens is 278 g/mol. The molecule has 2 heterocycles. The number of pyridine rings is 1. The lowest BCUT2D eigenvalue weighted by Crippen LogP contribution is -2.33. The van der Waals surface area contributed by atoms with Crippen molar-refractivity contribution >= 4 is 17.6 Å². The number of hydrogen-bond donors (Lipinski definition) is 2. The summed E-state index contributed by atoms with van der Waals surface area (Å²) < 4.78 is 1.43. The number of nitrogens with one attached hydrogen (secondary N) is 2. The van der Waals surface area contributed by atoms with Gasteiger partial charge in [-0.15, -0.1) is 0 Å². The first kappa shape index (κ1) is 14.3. The molecule has 106 valence electrons. The third kappa shape index (κ3) is 3.47. The number of hydrogen-bond acceptors (Lipinski definition) is 6. The molecule has 0 amide bonds. The first-order chi connectivity index (χ1) is 9.60. The fourth-order valence-corrected chi connectivity index (χ4v) is 2.39. The van der Waals surface area contributed by atoms with E-state index in [0.29, 0.717) is 10.9 Å². The van der Waals surface area contributed by atoms with E-state index in [0.717, 1.165) is 18.1 Å². The maximum atomic E-state index is 11.2. The first-order valence-electron chi connectivity index (χ1n) is 6.10. The van der Waals surface area contributed by atoms with Crippen molar-refractivity contribution in [1.82, 2.24) is 19.7 Å². The minimum atomic E-state index is -0.778. The van der Waals surface area contributed by atoms with Gasteiger partial charge in [0.25, 0.3) is 0 Å². The molecule has 0 aliphatic heterocycles. The summed E-state index contributed by atoms with van der Waals surface area (Å²) >= 11 is 1.34. The standard InChI is InChI=1S/C12H15N5O2S/c1-3-13-9-6-4-5-8(14-9)7-20-12-15-10(18)11(19)16-17(12)2/h4-6H,3,7H2,1-2H3,(H,13,14)(H,16,19). The van der Waals surface area contributed by atoms with Crippen molar-refractivity contribution in [3.63, 3.8) is 0 Å². The largest absolute Gasteiger partial charge is 0.370 e. The van der Waals surface area contributed by atoms with Gasteiger partial charge >= 0.3 is 11.1 Å². The van der Waals surface area contributed by atoms with E-state index < -0.39 is 11.1 Å². The SMILES string of the molecule is CCNc1cccc(CSc2nc(=O)c(=O)[nH]n2C)n1. The van der Waals surface area contributed by atoms with Crippen LogP contribution in [0.3, 0.4) is 0 Å². The molecule has 0 fully saturated rings. The van der Waals surface area contributed by atoms with Crippen LogP contribution in [0.5, 0.6) is 0 Å². The fraction of sp³-hybridized carbons (Fsp3) is 0.333. The predicted molar refractivity (Wildman–Crippen MR) is 78.1 cm³/mol. The number of aromatic nitrogens is 4. The molecule has 0 saturated heterocycles. The zero-order valence-electron chi connectivity index (χ0n) is 11.2. The number of aromatic amines is 1. The summed E-state index contributed by atoms with van der Waals surface area (Å²) in [7, 11) is 1.64. The van der Waals surface area contributed by atoms with Crippen LogP contribution in [0, 0.1) is 0 Å². The zero-order valence-corrected chi connectivity index (χ0v) is 12.0. The Labute approximate surface area is 119 Å². The molecule has 7 nitrogen and oxygen atoms in total. The highest BCUT2D eigenvalue weighted by molar-refractivity contribution is 7.98. The highest BCUT2D eigenvalue weighted by Gasteiger charge is 2.06. The fourth-order valence-electron chi connectivity index (χ4n) is 1.57. The Morgan fingerprint density at radius 1 is 1.35 bits per heavy atom. The van der Waals surface area contributed by atoms with E-state index in [1.54, 1.807) is 7.05 Å². The van der Waals surface area contributed by atoms with Crippen molar-refractivity contribution in [1.29, 1.82) is 0 Å². The number of nitrogens with zero attached hydrogens (tertiary/aromatic N) is 3. The number of H-pyrrole nitrogens is 1. The second-order valence-corrected chi connectivity index (χ2v) is 4.98. The third-order valence-electron chi connectivity index (χ3n) is 2.46. The Balaban J connectivity index is 2.12. The van der Waals surface area contributed by atoms with E-state index in [1.165, 1.54) is 16.4 Å². The summed E-state index contributed by atoms with van der Waals surface area (Å²) in [5.41, 5.74) is -0.627. The maximum Gasteiger partial charge on any atom is 0.339 e. The smallest absolute Gasteiger partial charge is 0.339 e. The Morgan fingerprint density at radius 2 is 2.15 bits per heavy atom. The van der Waals surface area contributed by atoms with Gasteiger partial charge in [0.05, 0.1) is 5.69 Å². The number of rotatable bonds is 5. The van der Waals surface area contributed by atoms with Gasteiger partial charge < -0.3 is 5.32 Å². The predicted octanol–water partition coefficient (Wildman–Crippen LogP) is 0.588. The number of anilines is 1. The minimum Gasteiger partial charge on any atom is -0.370 e. The molecule has 0 aromatic carbocycles. The Morgan fingerprint density at radius 3 is 2.90 bits per heavy atom. The van der Waals surface area contributed by atoms with Crippen LogP contribution < -0.4 is 16.4 Å². The first-order valence-corrected chi connectivity index (χ1v) is 7.08. The summed E-state index contributed by atoms with van der Waals surface area (Å²) in [6, 6.07) is 5.71. The highest BCUT2D eigenvalue weighted by Crippen LogP contribution is 2.18. The van der Waals surface area contributed by atoms with Crippen LogP contribution in [0.25, 0.3) is 0 Å². The summed E-state index contributed by atoms with van der Waals surface area (Å²) in [4.78, 5) is 30.5. The molecule has 0 bridgehead atoms. The molecule has 0 saturated carbocycles. The average Bonchev–Trinajstić information content (AvgIpc) is 2.42. The van der Waals surface area contributed by atoms with Gasteiger partial charge in [-0.05, 0) is 19.1 Å². The van der Waals surface area contributed by atoms with E-state index in [-0.39, 0.29) is 0 Å². The third-order valence-corrected chi connectivity index (χ3v) is 3.52. The summed E-state index contributed by atoms with van der Waals surface area (Å²) in [6.07, 6.45) is 0. The summed E-state index contributed by atoms with van der Waals surface area (Å²) in [5, 5.41) is 5.99. The van der Waals surface area contributed by atoms with Gasteiger partial charge in [-0.1, -0.05) is 17.8 Å². The van der Waals surface area contributed by atoms with Gasteiger partial charge in [0.1, 0.15) is 5.82 Å². The molecule has 8 heteroatoms. The molecule has 20 heavy (non-hydrogen) atoms. The van der Waals surface area contributed by atoms with Crippen LogP contribution >= 0.6 is 11.8 Å². The summed E-state index contributed by atoms with van der Waals surface area (Å²) in [5.74, 6) is 1.37. The van der Waals surface area contributed by atoms with Gasteiger partial charge in [0, 0.05) is 19.3 Å². The maximum absolute atomic E-state index is 11.2. The quantitative estimate of drug-likeness (QED) is 0.619. The minimum absolute atomic E-state index is 0.449. The van der Waals surface area contributed by atoms with E-state index >= 15 is 0 Å². The van der Waals surface area contributed by atoms with E-state index in [9.17, 15) is 9.59 Å². The van der Waals surface area contributed by atoms with Crippen molar-refractivity contribution in [2.24, 2.45) is 7.05 Å². The van der Waals surface area contributed by atoms with Gasteiger partial charge in [0.2, 0.25) is 0 Å². The Kier molecular flexibility index (Phi) is 4.57. The molecule has 2 aromatic heterocycles. The molecule has 0 atom stereocenters. The van der Waals surface area contributed by atoms with Crippen molar-refractivity contribution in [2.75, 3.05) is 11.9 Å². The number of aryl methyl sites for hydroxylation is 1. The van der Waals surface area contributed by atoms with Gasteiger partial charge in [0.15, 0.2) is 5.16 Å². The lowest BCUT2D eigenvalue weighted by atomic mass is 10.4.